The quantitative estimate of drug-likeness (QED) is 0.477. The average molecular weight is 511 g/mol. The second-order valence-corrected chi connectivity index (χ2v) is 6.66. The molecule has 3 amide bonds. The van der Waals surface area contributed by atoms with E-state index in [9.17, 15) is 44.7 Å². The maximum absolute atomic E-state index is 13.6. The van der Waals surface area contributed by atoms with E-state index in [1.165, 1.54) is 0 Å². The van der Waals surface area contributed by atoms with Gasteiger partial charge in [0.25, 0.3) is 12.1 Å². The second kappa shape index (κ2) is 9.36. The van der Waals surface area contributed by atoms with Crippen molar-refractivity contribution in [3.63, 3.8) is 0 Å². The smallest absolute Gasteiger partial charge is 0.427 e. The summed E-state index contributed by atoms with van der Waals surface area (Å²) in [6.45, 7) is 0. The molecule has 15 heteroatoms. The number of hydrogen-bond donors (Lipinski definition) is 2. The standard InChI is InChI=1S/C17H8Cl2F8N2O3/c18-7-4-6(5-8(19)12(7)32-17(26,27)14(22)16(23,24)25)28-15(31)29-13(30)11-9(20)2-1-3-10(11)21/h1-5,14H,(H2,28,29,30,31). The Morgan fingerprint density at radius 2 is 1.47 bits per heavy atom. The molecule has 0 bridgehead atoms. The number of carbonyl (C=O) groups excluding carboxylic acids is 2. The molecule has 32 heavy (non-hydrogen) atoms. The molecule has 2 rings (SSSR count). The number of halogens is 10. The Kier molecular flexibility index (Phi) is 7.45. The van der Waals surface area contributed by atoms with Gasteiger partial charge in [-0.1, -0.05) is 29.3 Å². The fourth-order valence-corrected chi connectivity index (χ4v) is 2.71. The maximum atomic E-state index is 13.6. The summed E-state index contributed by atoms with van der Waals surface area (Å²) in [6, 6.07) is 2.43. The lowest BCUT2D eigenvalue weighted by molar-refractivity contribution is -0.304. The van der Waals surface area contributed by atoms with Crippen LogP contribution in [0.3, 0.4) is 0 Å². The van der Waals surface area contributed by atoms with Crippen molar-refractivity contribution in [3.05, 3.63) is 57.6 Å². The molecular formula is C17H8Cl2F8N2O3. The van der Waals surface area contributed by atoms with E-state index in [1.54, 1.807) is 5.32 Å². The first-order valence-electron chi connectivity index (χ1n) is 7.96. The summed E-state index contributed by atoms with van der Waals surface area (Å²) in [6.07, 6.45) is -16.0. The molecule has 2 aromatic rings. The van der Waals surface area contributed by atoms with Gasteiger partial charge in [-0.25, -0.2) is 18.0 Å². The summed E-state index contributed by atoms with van der Waals surface area (Å²) in [5.41, 5.74) is -1.47. The van der Waals surface area contributed by atoms with E-state index >= 15 is 0 Å². The van der Waals surface area contributed by atoms with Gasteiger partial charge in [-0.05, 0) is 24.3 Å². The normalized spacial score (nSPS) is 12.8. The third-order valence-corrected chi connectivity index (χ3v) is 4.06. The van der Waals surface area contributed by atoms with Crippen molar-refractivity contribution in [3.8, 4) is 5.75 Å². The van der Waals surface area contributed by atoms with Gasteiger partial charge in [-0.15, -0.1) is 0 Å². The van der Waals surface area contributed by atoms with Crippen LogP contribution in [0.15, 0.2) is 30.3 Å². The van der Waals surface area contributed by atoms with E-state index in [2.05, 4.69) is 4.74 Å². The van der Waals surface area contributed by atoms with Gasteiger partial charge in [0.15, 0.2) is 5.75 Å². The minimum Gasteiger partial charge on any atom is -0.427 e. The third-order valence-electron chi connectivity index (χ3n) is 3.49. The largest absolute Gasteiger partial charge is 0.439 e. The van der Waals surface area contributed by atoms with Crippen LogP contribution in [0.5, 0.6) is 5.75 Å². The summed E-state index contributed by atoms with van der Waals surface area (Å²) in [5.74, 6) is -5.25. The topological polar surface area (TPSA) is 67.4 Å². The van der Waals surface area contributed by atoms with Crippen LogP contribution in [0.2, 0.25) is 10.0 Å². The zero-order valence-electron chi connectivity index (χ0n) is 15.0. The first-order valence-corrected chi connectivity index (χ1v) is 8.72. The number of ether oxygens (including phenoxy) is 1. The van der Waals surface area contributed by atoms with Crippen molar-refractivity contribution in [1.82, 2.24) is 5.32 Å². The number of carbonyl (C=O) groups is 2. The molecule has 0 aromatic heterocycles. The molecular weight excluding hydrogens is 503 g/mol. The van der Waals surface area contributed by atoms with E-state index < -0.39 is 69.1 Å². The zero-order chi connectivity index (χ0) is 24.4. The number of anilines is 1. The number of alkyl halides is 6. The van der Waals surface area contributed by atoms with Gasteiger partial charge < -0.3 is 10.1 Å². The molecule has 0 aliphatic carbocycles. The highest BCUT2D eigenvalue weighted by atomic mass is 35.5. The van der Waals surface area contributed by atoms with Crippen LogP contribution in [0.1, 0.15) is 10.4 Å². The summed E-state index contributed by atoms with van der Waals surface area (Å²) in [5, 5.41) is 1.75. The predicted octanol–water partition coefficient (Wildman–Crippen LogP) is 6.11. The lowest BCUT2D eigenvalue weighted by atomic mass is 10.2. The van der Waals surface area contributed by atoms with Crippen LogP contribution in [0.4, 0.5) is 45.6 Å². The van der Waals surface area contributed by atoms with Gasteiger partial charge in [0.05, 0.1) is 10.0 Å². The van der Waals surface area contributed by atoms with Crippen LogP contribution < -0.4 is 15.4 Å². The highest BCUT2D eigenvalue weighted by Crippen LogP contribution is 2.42. The van der Waals surface area contributed by atoms with E-state index in [4.69, 9.17) is 23.2 Å². The van der Waals surface area contributed by atoms with Crippen molar-refractivity contribution in [2.45, 2.75) is 18.5 Å². The number of urea groups is 1. The Hall–Kier alpha value is -2.80. The molecule has 0 spiro atoms. The lowest BCUT2D eigenvalue weighted by Crippen LogP contribution is -2.45. The van der Waals surface area contributed by atoms with Crippen LogP contribution in [-0.2, 0) is 0 Å². The van der Waals surface area contributed by atoms with Crippen molar-refractivity contribution in [2.75, 3.05) is 5.32 Å². The molecule has 2 N–H and O–H groups in total. The monoisotopic (exact) mass is 510 g/mol. The van der Waals surface area contributed by atoms with Crippen molar-refractivity contribution < 1.29 is 49.4 Å². The number of amides is 3. The second-order valence-electron chi connectivity index (χ2n) is 5.84. The first-order chi connectivity index (χ1) is 14.6. The van der Waals surface area contributed by atoms with Gasteiger partial charge in [-0.3, -0.25) is 10.1 Å². The highest BCUT2D eigenvalue weighted by Gasteiger charge is 2.59. The lowest BCUT2D eigenvalue weighted by Gasteiger charge is -2.24. The maximum Gasteiger partial charge on any atom is 0.439 e. The Morgan fingerprint density at radius 1 is 0.969 bits per heavy atom. The fourth-order valence-electron chi connectivity index (χ4n) is 2.15. The predicted molar refractivity (Wildman–Crippen MR) is 95.8 cm³/mol. The van der Waals surface area contributed by atoms with Crippen LogP contribution >= 0.6 is 23.2 Å². The minimum absolute atomic E-state index is 0.400. The molecule has 174 valence electrons. The summed E-state index contributed by atoms with van der Waals surface area (Å²) < 4.78 is 107. The molecule has 0 saturated carbocycles. The Morgan fingerprint density at radius 3 is 1.94 bits per heavy atom. The van der Waals surface area contributed by atoms with Gasteiger partial charge in [0.2, 0.25) is 0 Å². The summed E-state index contributed by atoms with van der Waals surface area (Å²) in [7, 11) is 0. The molecule has 5 nitrogen and oxygen atoms in total. The van der Waals surface area contributed by atoms with Gasteiger partial charge in [0.1, 0.15) is 17.2 Å². The zero-order valence-corrected chi connectivity index (χ0v) is 16.5. The van der Waals surface area contributed by atoms with Crippen LogP contribution in [0.25, 0.3) is 0 Å². The van der Waals surface area contributed by atoms with Crippen LogP contribution in [0, 0.1) is 11.6 Å². The summed E-state index contributed by atoms with van der Waals surface area (Å²) in [4.78, 5) is 23.7. The van der Waals surface area contributed by atoms with E-state index in [0.717, 1.165) is 18.2 Å². The van der Waals surface area contributed by atoms with Crippen molar-refractivity contribution in [2.24, 2.45) is 0 Å². The molecule has 1 unspecified atom stereocenters. The summed E-state index contributed by atoms with van der Waals surface area (Å²) >= 11 is 11.2. The molecule has 1 atom stereocenters. The van der Waals surface area contributed by atoms with E-state index in [0.29, 0.717) is 12.1 Å². The molecule has 0 radical (unpaired) electrons. The molecule has 0 fully saturated rings. The van der Waals surface area contributed by atoms with Gasteiger partial charge >= 0.3 is 18.3 Å². The van der Waals surface area contributed by atoms with Crippen molar-refractivity contribution in [1.29, 1.82) is 0 Å². The molecule has 0 aliphatic rings. The first kappa shape index (κ1) is 25.5. The fraction of sp³-hybridized carbons (Fsp3) is 0.176. The molecule has 0 aliphatic heterocycles. The Bertz CT molecular complexity index is 1010. The Balaban J connectivity index is 2.16. The third kappa shape index (κ3) is 5.91. The van der Waals surface area contributed by atoms with E-state index in [-0.39, 0.29) is 0 Å². The van der Waals surface area contributed by atoms with Crippen LogP contribution in [-0.4, -0.2) is 30.4 Å². The SMILES string of the molecule is O=C(NC(=O)c1c(F)cccc1F)Nc1cc(Cl)c(OC(F)(F)C(F)C(F)(F)F)c(Cl)c1. The molecule has 2 aromatic carbocycles. The number of hydrogen-bond acceptors (Lipinski definition) is 3. The van der Waals surface area contributed by atoms with Gasteiger partial charge in [-0.2, -0.15) is 22.0 Å². The molecule has 0 saturated heterocycles. The number of benzene rings is 2. The molecule has 0 heterocycles. The van der Waals surface area contributed by atoms with Gasteiger partial charge in [0, 0.05) is 5.69 Å². The van der Waals surface area contributed by atoms with Crippen molar-refractivity contribution >= 4 is 40.8 Å². The Labute approximate surface area is 183 Å². The van der Waals surface area contributed by atoms with E-state index in [1.807, 2.05) is 5.32 Å². The average Bonchev–Trinajstić information content (AvgIpc) is 2.63. The number of nitrogens with one attached hydrogen (secondary N) is 2. The number of imide groups is 1. The highest BCUT2D eigenvalue weighted by molar-refractivity contribution is 6.37. The minimum atomic E-state index is -5.95. The number of rotatable bonds is 5.